The molecular weight excluding hydrogens is 382 g/mol. The quantitative estimate of drug-likeness (QED) is 0.811. The van der Waals surface area contributed by atoms with E-state index in [0.29, 0.717) is 18.1 Å². The van der Waals surface area contributed by atoms with Crippen LogP contribution in [0.3, 0.4) is 0 Å². The second-order valence-corrected chi connectivity index (χ2v) is 9.92. The number of carbonyl (C=O) groups is 2. The fourth-order valence-corrected chi connectivity index (χ4v) is 5.00. The summed E-state index contributed by atoms with van der Waals surface area (Å²) in [6.07, 6.45) is 0.597. The lowest BCUT2D eigenvalue weighted by molar-refractivity contribution is -0.121. The summed E-state index contributed by atoms with van der Waals surface area (Å²) in [5, 5.41) is 6.41. The Morgan fingerprint density at radius 1 is 1.33 bits per heavy atom. The highest BCUT2D eigenvalue weighted by molar-refractivity contribution is 7.19. The zero-order valence-corrected chi connectivity index (χ0v) is 17.8. The Morgan fingerprint density at radius 3 is 2.63 bits per heavy atom. The summed E-state index contributed by atoms with van der Waals surface area (Å²) in [5.74, 6) is -0.227. The third-order valence-corrected chi connectivity index (χ3v) is 6.85. The van der Waals surface area contributed by atoms with E-state index >= 15 is 0 Å². The van der Waals surface area contributed by atoms with Gasteiger partial charge in [0.15, 0.2) is 5.13 Å². The fraction of sp³-hybridized carbons (Fsp3) is 0.556. The molecule has 3 N–H and O–H groups in total. The van der Waals surface area contributed by atoms with Crippen LogP contribution in [0.15, 0.2) is 5.38 Å². The molecule has 3 heterocycles. The van der Waals surface area contributed by atoms with E-state index in [1.807, 2.05) is 19.2 Å². The highest BCUT2D eigenvalue weighted by Crippen LogP contribution is 2.36. The maximum atomic E-state index is 12.6. The molecule has 2 aromatic heterocycles. The van der Waals surface area contributed by atoms with E-state index in [2.05, 4.69) is 31.1 Å². The van der Waals surface area contributed by atoms with E-state index in [1.54, 1.807) is 11.3 Å². The van der Waals surface area contributed by atoms with Crippen LogP contribution < -0.4 is 11.1 Å². The van der Waals surface area contributed by atoms with Crippen molar-refractivity contribution in [3.8, 4) is 10.6 Å². The van der Waals surface area contributed by atoms with Crippen LogP contribution in [0.5, 0.6) is 0 Å². The summed E-state index contributed by atoms with van der Waals surface area (Å²) < 4.78 is 0. The smallest absolute Gasteiger partial charge is 0.324 e. The summed E-state index contributed by atoms with van der Waals surface area (Å²) in [4.78, 5) is 35.9. The van der Waals surface area contributed by atoms with Gasteiger partial charge >= 0.3 is 6.03 Å². The number of hydrogen-bond acceptors (Lipinski definition) is 6. The lowest BCUT2D eigenvalue weighted by Gasteiger charge is -2.21. The number of thiazole rings is 2. The Kier molecular flexibility index (Phi) is 5.27. The number of aromatic nitrogens is 2. The lowest BCUT2D eigenvalue weighted by Crippen LogP contribution is -2.45. The number of primary amides is 1. The number of nitrogens with two attached hydrogens (primary N) is 1. The van der Waals surface area contributed by atoms with Crippen molar-refractivity contribution in [2.45, 2.75) is 52.5 Å². The van der Waals surface area contributed by atoms with Gasteiger partial charge in [-0.05, 0) is 19.3 Å². The molecule has 1 aliphatic rings. The molecule has 1 fully saturated rings. The number of nitrogens with zero attached hydrogens (tertiary/aromatic N) is 3. The third-order valence-electron chi connectivity index (χ3n) is 4.49. The largest absolute Gasteiger partial charge is 0.368 e. The first-order chi connectivity index (χ1) is 12.6. The third kappa shape index (κ3) is 4.14. The minimum Gasteiger partial charge on any atom is -0.368 e. The molecule has 3 rings (SSSR count). The van der Waals surface area contributed by atoms with Crippen LogP contribution in [0, 0.1) is 12.8 Å². The maximum Gasteiger partial charge on any atom is 0.324 e. The first kappa shape index (κ1) is 19.8. The number of carbonyl (C=O) groups excluding carboxylic acids is 2. The van der Waals surface area contributed by atoms with Crippen LogP contribution in [0.2, 0.25) is 0 Å². The average molecular weight is 408 g/mol. The molecule has 0 unspecified atom stereocenters. The molecule has 27 heavy (non-hydrogen) atoms. The molecule has 9 heteroatoms. The molecule has 0 aliphatic carbocycles. The van der Waals surface area contributed by atoms with Crippen LogP contribution in [0.25, 0.3) is 10.6 Å². The van der Waals surface area contributed by atoms with Crippen molar-refractivity contribution >= 4 is 39.7 Å². The van der Waals surface area contributed by atoms with Gasteiger partial charge in [0.2, 0.25) is 5.91 Å². The van der Waals surface area contributed by atoms with Crippen molar-refractivity contribution in [3.63, 3.8) is 0 Å². The zero-order valence-electron chi connectivity index (χ0n) is 16.2. The number of hydrogen-bond donors (Lipinski definition) is 2. The number of urea groups is 1. The van der Waals surface area contributed by atoms with Crippen molar-refractivity contribution in [2.24, 2.45) is 11.7 Å². The highest BCUT2D eigenvalue weighted by atomic mass is 32.1. The van der Waals surface area contributed by atoms with Gasteiger partial charge in [-0.15, -0.1) is 11.3 Å². The number of likely N-dealkylation sites (tertiary alicyclic amines) is 1. The predicted octanol–water partition coefficient (Wildman–Crippen LogP) is 3.60. The number of aryl methyl sites for hydroxylation is 1. The zero-order chi connectivity index (χ0) is 19.9. The molecule has 2 atom stereocenters. The van der Waals surface area contributed by atoms with Gasteiger partial charge < -0.3 is 10.6 Å². The van der Waals surface area contributed by atoms with E-state index in [9.17, 15) is 9.59 Å². The minimum absolute atomic E-state index is 0.00518. The van der Waals surface area contributed by atoms with Crippen molar-refractivity contribution in [2.75, 3.05) is 11.9 Å². The Labute approximate surface area is 167 Å². The fourth-order valence-electron chi connectivity index (χ4n) is 3.11. The molecular formula is C18H25N5O2S2. The van der Waals surface area contributed by atoms with Crippen LogP contribution in [0.1, 0.15) is 44.8 Å². The molecule has 7 nitrogen and oxygen atoms in total. The van der Waals surface area contributed by atoms with Crippen LogP contribution in [-0.2, 0) is 10.2 Å². The summed E-state index contributed by atoms with van der Waals surface area (Å²) in [5.41, 5.74) is 7.14. The summed E-state index contributed by atoms with van der Waals surface area (Å²) >= 11 is 3.02. The second kappa shape index (κ2) is 7.20. The first-order valence-electron chi connectivity index (χ1n) is 8.87. The van der Waals surface area contributed by atoms with Gasteiger partial charge in [-0.1, -0.05) is 39.0 Å². The van der Waals surface area contributed by atoms with Crippen LogP contribution in [0.4, 0.5) is 9.93 Å². The van der Waals surface area contributed by atoms with E-state index in [0.717, 1.165) is 21.3 Å². The van der Waals surface area contributed by atoms with E-state index in [-0.39, 0.29) is 17.4 Å². The molecule has 0 radical (unpaired) electrons. The molecule has 0 saturated carbocycles. The number of amides is 3. The molecule has 1 aliphatic heterocycles. The number of anilines is 1. The Balaban J connectivity index is 1.78. The summed E-state index contributed by atoms with van der Waals surface area (Å²) in [6.45, 7) is 10.8. The molecule has 3 amide bonds. The van der Waals surface area contributed by atoms with Gasteiger partial charge in [0.05, 0.1) is 21.3 Å². The van der Waals surface area contributed by atoms with E-state index in [1.165, 1.54) is 16.2 Å². The SMILES string of the molecule is Cc1nc(NC(=O)N2C[C@@H](C)C[C@H]2C(N)=O)sc1-c1csc(C(C)(C)C)n1. The molecule has 1 saturated heterocycles. The molecule has 146 valence electrons. The minimum atomic E-state index is -0.562. The number of rotatable bonds is 3. The van der Waals surface area contributed by atoms with Crippen LogP contribution in [-0.4, -0.2) is 39.4 Å². The summed E-state index contributed by atoms with van der Waals surface area (Å²) in [7, 11) is 0. The van der Waals surface area contributed by atoms with E-state index in [4.69, 9.17) is 10.7 Å². The van der Waals surface area contributed by atoms with Gasteiger partial charge in [0, 0.05) is 17.3 Å². The van der Waals surface area contributed by atoms with Crippen molar-refractivity contribution < 1.29 is 9.59 Å². The predicted molar refractivity (Wildman–Crippen MR) is 109 cm³/mol. The Bertz CT molecular complexity index is 867. The second-order valence-electron chi connectivity index (χ2n) is 8.06. The first-order valence-corrected chi connectivity index (χ1v) is 10.6. The van der Waals surface area contributed by atoms with E-state index < -0.39 is 11.9 Å². The van der Waals surface area contributed by atoms with Gasteiger partial charge in [-0.2, -0.15) is 0 Å². The molecule has 0 bridgehead atoms. The molecule has 0 spiro atoms. The number of nitrogens with one attached hydrogen (secondary N) is 1. The highest BCUT2D eigenvalue weighted by Gasteiger charge is 2.37. The summed E-state index contributed by atoms with van der Waals surface area (Å²) in [6, 6.07) is -0.898. The molecule has 2 aromatic rings. The van der Waals surface area contributed by atoms with Crippen molar-refractivity contribution in [1.82, 2.24) is 14.9 Å². The van der Waals surface area contributed by atoms with Gasteiger partial charge in [0.1, 0.15) is 6.04 Å². The maximum absolute atomic E-state index is 12.6. The monoisotopic (exact) mass is 407 g/mol. The Morgan fingerprint density at radius 2 is 2.04 bits per heavy atom. The lowest BCUT2D eigenvalue weighted by atomic mass is 9.98. The van der Waals surface area contributed by atoms with Crippen molar-refractivity contribution in [3.05, 3.63) is 16.1 Å². The van der Waals surface area contributed by atoms with Crippen LogP contribution >= 0.6 is 22.7 Å². The van der Waals surface area contributed by atoms with Gasteiger partial charge in [-0.3, -0.25) is 10.1 Å². The standard InChI is InChI=1S/C18H25N5O2S2/c1-9-6-12(14(19)24)23(7-9)17(25)22-16-20-10(2)13(27-16)11-8-26-15(21-11)18(3,4)5/h8-9,12H,6-7H2,1-5H3,(H2,19,24)(H,20,22,25)/t9-,12-/m0/s1. The average Bonchev–Trinajstić information content (AvgIpc) is 3.24. The van der Waals surface area contributed by atoms with Gasteiger partial charge in [-0.25, -0.2) is 14.8 Å². The topological polar surface area (TPSA) is 101 Å². The normalized spacial score (nSPS) is 20.1. The molecule has 0 aromatic carbocycles. The Hall–Kier alpha value is -2.00. The van der Waals surface area contributed by atoms with Gasteiger partial charge in [0.25, 0.3) is 0 Å². The van der Waals surface area contributed by atoms with Crippen molar-refractivity contribution in [1.29, 1.82) is 0 Å².